The van der Waals surface area contributed by atoms with E-state index in [0.29, 0.717) is 18.3 Å². The van der Waals surface area contributed by atoms with E-state index in [0.717, 1.165) is 18.4 Å². The molecule has 1 aliphatic rings. The Hall–Kier alpha value is -1.75. The molecular formula is C13H14FN3O. The molecule has 4 nitrogen and oxygen atoms in total. The first-order valence-corrected chi connectivity index (χ1v) is 6.03. The van der Waals surface area contributed by atoms with E-state index in [-0.39, 0.29) is 11.9 Å². The molecule has 1 atom stereocenters. The zero-order valence-electron chi connectivity index (χ0n) is 10.1. The third-order valence-corrected chi connectivity index (χ3v) is 3.25. The molecule has 0 spiro atoms. The summed E-state index contributed by atoms with van der Waals surface area (Å²) in [6.07, 6.45) is 1.89. The van der Waals surface area contributed by atoms with Gasteiger partial charge in [-0.05, 0) is 43.0 Å². The molecule has 2 aromatic rings. The van der Waals surface area contributed by atoms with E-state index < -0.39 is 0 Å². The molecule has 0 fully saturated rings. The minimum Gasteiger partial charge on any atom is -0.338 e. The highest BCUT2D eigenvalue weighted by molar-refractivity contribution is 5.34. The van der Waals surface area contributed by atoms with Gasteiger partial charge in [-0.1, -0.05) is 11.2 Å². The molecule has 3 rings (SSSR count). The lowest BCUT2D eigenvalue weighted by Crippen LogP contribution is -2.18. The summed E-state index contributed by atoms with van der Waals surface area (Å²) in [5, 5.41) is 7.11. The van der Waals surface area contributed by atoms with E-state index in [1.54, 1.807) is 13.0 Å². The fourth-order valence-electron chi connectivity index (χ4n) is 2.42. The maximum atomic E-state index is 13.1. The Morgan fingerprint density at radius 2 is 2.39 bits per heavy atom. The third-order valence-electron chi connectivity index (χ3n) is 3.25. The van der Waals surface area contributed by atoms with Gasteiger partial charge in [0.15, 0.2) is 5.82 Å². The quantitative estimate of drug-likeness (QED) is 0.904. The number of hydrogen-bond donors (Lipinski definition) is 1. The lowest BCUT2D eigenvalue weighted by molar-refractivity contribution is 0.354. The molecule has 1 aliphatic carbocycles. The van der Waals surface area contributed by atoms with E-state index >= 15 is 0 Å². The van der Waals surface area contributed by atoms with Crippen molar-refractivity contribution in [2.24, 2.45) is 0 Å². The van der Waals surface area contributed by atoms with Gasteiger partial charge in [-0.2, -0.15) is 4.98 Å². The molecule has 1 N–H and O–H groups in total. The predicted octanol–water partition coefficient (Wildman–Crippen LogP) is 2.29. The minimum atomic E-state index is -0.165. The second-order valence-electron chi connectivity index (χ2n) is 4.55. The molecule has 0 bridgehead atoms. The van der Waals surface area contributed by atoms with Crippen molar-refractivity contribution in [1.82, 2.24) is 15.5 Å². The molecule has 0 saturated heterocycles. The summed E-state index contributed by atoms with van der Waals surface area (Å²) in [6.45, 7) is 2.34. The Labute approximate surface area is 104 Å². The zero-order chi connectivity index (χ0) is 12.5. The van der Waals surface area contributed by atoms with Gasteiger partial charge in [-0.3, -0.25) is 0 Å². The number of fused-ring (bicyclic) bond motifs is 1. The number of aromatic nitrogens is 2. The van der Waals surface area contributed by atoms with Crippen molar-refractivity contribution in [2.45, 2.75) is 32.4 Å². The fraction of sp³-hybridized carbons (Fsp3) is 0.385. The molecule has 1 aromatic carbocycles. The minimum absolute atomic E-state index is 0.165. The monoisotopic (exact) mass is 247 g/mol. The Balaban J connectivity index is 1.69. The molecule has 1 aromatic heterocycles. The van der Waals surface area contributed by atoms with Crippen LogP contribution in [0.4, 0.5) is 4.39 Å². The molecule has 0 aliphatic heterocycles. The van der Waals surface area contributed by atoms with Gasteiger partial charge >= 0.3 is 0 Å². The van der Waals surface area contributed by atoms with Gasteiger partial charge in [0.1, 0.15) is 5.82 Å². The van der Waals surface area contributed by atoms with Crippen LogP contribution >= 0.6 is 0 Å². The predicted molar refractivity (Wildman–Crippen MR) is 63.3 cm³/mol. The molecule has 0 radical (unpaired) electrons. The second kappa shape index (κ2) is 4.49. The lowest BCUT2D eigenvalue weighted by atomic mass is 10.1. The van der Waals surface area contributed by atoms with Crippen LogP contribution in [0.5, 0.6) is 0 Å². The van der Waals surface area contributed by atoms with Crippen molar-refractivity contribution in [2.75, 3.05) is 0 Å². The second-order valence-corrected chi connectivity index (χ2v) is 4.55. The largest absolute Gasteiger partial charge is 0.338 e. The highest BCUT2D eigenvalue weighted by Gasteiger charge is 2.22. The fourth-order valence-corrected chi connectivity index (χ4v) is 2.42. The van der Waals surface area contributed by atoms with Gasteiger partial charge < -0.3 is 9.84 Å². The number of aryl methyl sites for hydroxylation is 2. The van der Waals surface area contributed by atoms with Gasteiger partial charge in [-0.15, -0.1) is 0 Å². The summed E-state index contributed by atoms with van der Waals surface area (Å²) in [5.41, 5.74) is 2.27. The number of nitrogens with one attached hydrogen (secondary N) is 1. The number of halogens is 1. The van der Waals surface area contributed by atoms with Crippen LogP contribution in [0.1, 0.15) is 35.3 Å². The summed E-state index contributed by atoms with van der Waals surface area (Å²) in [5.74, 6) is 1.06. The molecule has 0 saturated carbocycles. The van der Waals surface area contributed by atoms with Gasteiger partial charge in [0.05, 0.1) is 6.54 Å². The molecular weight excluding hydrogens is 233 g/mol. The van der Waals surface area contributed by atoms with Crippen LogP contribution in [0, 0.1) is 12.7 Å². The van der Waals surface area contributed by atoms with Crippen molar-refractivity contribution in [3.8, 4) is 0 Å². The molecule has 0 amide bonds. The van der Waals surface area contributed by atoms with Crippen molar-refractivity contribution in [1.29, 1.82) is 0 Å². The van der Waals surface area contributed by atoms with Crippen LogP contribution in [0.3, 0.4) is 0 Å². The summed E-state index contributed by atoms with van der Waals surface area (Å²) in [7, 11) is 0. The van der Waals surface area contributed by atoms with E-state index in [1.165, 1.54) is 11.6 Å². The van der Waals surface area contributed by atoms with E-state index in [4.69, 9.17) is 4.52 Å². The first kappa shape index (κ1) is 11.3. The first-order chi connectivity index (χ1) is 8.72. The standard InChI is InChI=1S/C13H14FN3O/c1-8-16-13(18-17-8)7-15-12-5-2-9-6-10(14)3-4-11(9)12/h3-4,6,12,15H,2,5,7H2,1H3. The Morgan fingerprint density at radius 1 is 1.50 bits per heavy atom. The summed E-state index contributed by atoms with van der Waals surface area (Å²) in [6, 6.07) is 5.23. The highest BCUT2D eigenvalue weighted by atomic mass is 19.1. The maximum absolute atomic E-state index is 13.1. The van der Waals surface area contributed by atoms with Crippen LogP contribution in [0.15, 0.2) is 22.7 Å². The Bertz CT molecular complexity index is 567. The smallest absolute Gasteiger partial charge is 0.240 e. The number of benzene rings is 1. The molecule has 94 valence electrons. The van der Waals surface area contributed by atoms with Crippen LogP contribution in [0.25, 0.3) is 0 Å². The zero-order valence-corrected chi connectivity index (χ0v) is 10.1. The average Bonchev–Trinajstić information content (AvgIpc) is 2.92. The lowest BCUT2D eigenvalue weighted by Gasteiger charge is -2.12. The molecule has 18 heavy (non-hydrogen) atoms. The van der Waals surface area contributed by atoms with E-state index in [2.05, 4.69) is 15.5 Å². The van der Waals surface area contributed by atoms with E-state index in [1.807, 2.05) is 6.07 Å². The summed E-state index contributed by atoms with van der Waals surface area (Å²) < 4.78 is 18.1. The SMILES string of the molecule is Cc1noc(CNC2CCc3cc(F)ccc32)n1. The van der Waals surface area contributed by atoms with Crippen molar-refractivity contribution in [3.05, 3.63) is 46.9 Å². The number of nitrogens with zero attached hydrogens (tertiary/aromatic N) is 2. The van der Waals surface area contributed by atoms with Crippen molar-refractivity contribution < 1.29 is 8.91 Å². The van der Waals surface area contributed by atoms with Gasteiger partial charge in [-0.25, -0.2) is 4.39 Å². The Morgan fingerprint density at radius 3 is 3.17 bits per heavy atom. The summed E-state index contributed by atoms with van der Waals surface area (Å²) in [4.78, 5) is 4.14. The van der Waals surface area contributed by atoms with E-state index in [9.17, 15) is 4.39 Å². The first-order valence-electron chi connectivity index (χ1n) is 6.03. The summed E-state index contributed by atoms with van der Waals surface area (Å²) >= 11 is 0. The normalized spacial score (nSPS) is 18.0. The molecule has 5 heteroatoms. The number of rotatable bonds is 3. The molecule has 1 unspecified atom stereocenters. The number of hydrogen-bond acceptors (Lipinski definition) is 4. The average molecular weight is 247 g/mol. The third kappa shape index (κ3) is 2.13. The maximum Gasteiger partial charge on any atom is 0.240 e. The Kier molecular flexibility index (Phi) is 2.83. The van der Waals surface area contributed by atoms with Gasteiger partial charge in [0, 0.05) is 6.04 Å². The topological polar surface area (TPSA) is 51.0 Å². The van der Waals surface area contributed by atoms with Crippen molar-refractivity contribution >= 4 is 0 Å². The highest BCUT2D eigenvalue weighted by Crippen LogP contribution is 2.31. The molecule has 1 heterocycles. The van der Waals surface area contributed by atoms with Gasteiger partial charge in [0.25, 0.3) is 0 Å². The van der Waals surface area contributed by atoms with Crippen LogP contribution < -0.4 is 5.32 Å². The van der Waals surface area contributed by atoms with Crippen LogP contribution in [-0.2, 0) is 13.0 Å². The van der Waals surface area contributed by atoms with Crippen LogP contribution in [-0.4, -0.2) is 10.1 Å². The van der Waals surface area contributed by atoms with Crippen molar-refractivity contribution in [3.63, 3.8) is 0 Å². The van der Waals surface area contributed by atoms with Gasteiger partial charge in [0.2, 0.25) is 5.89 Å². The van der Waals surface area contributed by atoms with Crippen LogP contribution in [0.2, 0.25) is 0 Å².